The maximum absolute atomic E-state index is 13.1. The van der Waals surface area contributed by atoms with Crippen LogP contribution in [0.15, 0.2) is 5.38 Å². The highest BCUT2D eigenvalue weighted by molar-refractivity contribution is 7.11. The van der Waals surface area contributed by atoms with E-state index in [9.17, 15) is 18.4 Å². The SMILES string of the molecule is NC(=O)O[C@@H]1C[C@H]1c1csc(C(=O)NC2CCC(F)(F)CC2)n1. The first-order valence-electron chi connectivity index (χ1n) is 7.44. The minimum atomic E-state index is -2.61. The minimum absolute atomic E-state index is 0.0197. The lowest BCUT2D eigenvalue weighted by Gasteiger charge is -2.28. The maximum atomic E-state index is 13.1. The Hall–Kier alpha value is -1.77. The summed E-state index contributed by atoms with van der Waals surface area (Å²) in [5.41, 5.74) is 5.65. The molecule has 23 heavy (non-hydrogen) atoms. The number of ether oxygens (including phenoxy) is 1. The molecular formula is C14H17F2N3O3S. The number of primary amides is 1. The molecule has 0 saturated heterocycles. The molecule has 0 aliphatic heterocycles. The van der Waals surface area contributed by atoms with E-state index in [-0.39, 0.29) is 49.7 Å². The number of carbonyl (C=O) groups excluding carboxylic acids is 2. The fourth-order valence-electron chi connectivity index (χ4n) is 2.75. The van der Waals surface area contributed by atoms with E-state index in [0.717, 1.165) is 0 Å². The van der Waals surface area contributed by atoms with Gasteiger partial charge in [0.25, 0.3) is 5.91 Å². The number of nitrogens with two attached hydrogens (primary N) is 1. The second-order valence-electron chi connectivity index (χ2n) is 6.00. The number of nitrogens with one attached hydrogen (secondary N) is 1. The number of thiazole rings is 1. The Morgan fingerprint density at radius 1 is 1.39 bits per heavy atom. The molecule has 0 aromatic carbocycles. The first-order valence-corrected chi connectivity index (χ1v) is 8.32. The number of hydrogen-bond donors (Lipinski definition) is 2. The van der Waals surface area contributed by atoms with Crippen molar-refractivity contribution >= 4 is 23.3 Å². The van der Waals surface area contributed by atoms with E-state index >= 15 is 0 Å². The number of aromatic nitrogens is 1. The van der Waals surface area contributed by atoms with Crippen molar-refractivity contribution in [2.24, 2.45) is 5.73 Å². The molecule has 0 bridgehead atoms. The van der Waals surface area contributed by atoms with Crippen LogP contribution >= 0.6 is 11.3 Å². The van der Waals surface area contributed by atoms with Crippen LogP contribution in [0.5, 0.6) is 0 Å². The summed E-state index contributed by atoms with van der Waals surface area (Å²) in [5.74, 6) is -2.98. The molecule has 0 unspecified atom stereocenters. The van der Waals surface area contributed by atoms with Crippen LogP contribution < -0.4 is 11.1 Å². The van der Waals surface area contributed by atoms with Gasteiger partial charge in [0, 0.05) is 30.2 Å². The van der Waals surface area contributed by atoms with Crippen molar-refractivity contribution in [3.8, 4) is 0 Å². The molecule has 6 nitrogen and oxygen atoms in total. The zero-order valence-electron chi connectivity index (χ0n) is 12.3. The summed E-state index contributed by atoms with van der Waals surface area (Å²) in [6.45, 7) is 0. The maximum Gasteiger partial charge on any atom is 0.404 e. The summed E-state index contributed by atoms with van der Waals surface area (Å²) in [6.07, 6.45) is -0.302. The van der Waals surface area contributed by atoms with Gasteiger partial charge in [-0.05, 0) is 19.3 Å². The molecule has 0 spiro atoms. The van der Waals surface area contributed by atoms with Crippen LogP contribution in [0.2, 0.25) is 0 Å². The standard InChI is InChI=1S/C14H17F2N3O3S/c15-14(16)3-1-7(2-4-14)18-11(20)12-19-9(6-23-12)8-5-10(8)22-13(17)21/h6-8,10H,1-5H2,(H2,17,21)(H,18,20)/t8-,10+/m0/s1. The van der Waals surface area contributed by atoms with E-state index in [1.165, 1.54) is 11.3 Å². The molecule has 2 saturated carbocycles. The molecule has 9 heteroatoms. The lowest BCUT2D eigenvalue weighted by atomic mass is 9.92. The minimum Gasteiger partial charge on any atom is -0.446 e. The smallest absolute Gasteiger partial charge is 0.404 e. The number of amides is 2. The van der Waals surface area contributed by atoms with Crippen LogP contribution in [0.1, 0.15) is 53.5 Å². The Kier molecular flexibility index (Phi) is 4.22. The van der Waals surface area contributed by atoms with Crippen LogP contribution in [-0.2, 0) is 4.74 Å². The fraction of sp³-hybridized carbons (Fsp3) is 0.643. The largest absolute Gasteiger partial charge is 0.446 e. The van der Waals surface area contributed by atoms with Crippen LogP contribution in [0.4, 0.5) is 13.6 Å². The second kappa shape index (κ2) is 6.03. The molecule has 2 fully saturated rings. The molecule has 2 aliphatic carbocycles. The third-order valence-corrected chi connectivity index (χ3v) is 5.01. The Bertz CT molecular complexity index is 612. The summed E-state index contributed by atoms with van der Waals surface area (Å²) in [7, 11) is 0. The topological polar surface area (TPSA) is 94.3 Å². The highest BCUT2D eigenvalue weighted by atomic mass is 32.1. The Labute approximate surface area is 135 Å². The van der Waals surface area contributed by atoms with Crippen molar-refractivity contribution in [2.75, 3.05) is 0 Å². The second-order valence-corrected chi connectivity index (χ2v) is 6.86. The van der Waals surface area contributed by atoms with Gasteiger partial charge in [-0.3, -0.25) is 4.79 Å². The molecule has 2 amide bonds. The molecule has 3 N–H and O–H groups in total. The van der Waals surface area contributed by atoms with Gasteiger partial charge in [-0.1, -0.05) is 0 Å². The summed E-state index contributed by atoms with van der Waals surface area (Å²) < 4.78 is 31.1. The Morgan fingerprint density at radius 2 is 2.09 bits per heavy atom. The predicted molar refractivity (Wildman–Crippen MR) is 78.6 cm³/mol. The first kappa shape index (κ1) is 16.1. The van der Waals surface area contributed by atoms with Gasteiger partial charge in [0.1, 0.15) is 6.10 Å². The molecule has 1 heterocycles. The quantitative estimate of drug-likeness (QED) is 0.876. The number of rotatable bonds is 4. The van der Waals surface area contributed by atoms with Gasteiger partial charge in [-0.25, -0.2) is 18.6 Å². The normalized spacial score (nSPS) is 26.5. The highest BCUT2D eigenvalue weighted by Gasteiger charge is 2.43. The molecule has 0 radical (unpaired) electrons. The molecular weight excluding hydrogens is 328 g/mol. The lowest BCUT2D eigenvalue weighted by Crippen LogP contribution is -2.40. The summed E-state index contributed by atoms with van der Waals surface area (Å²) in [6, 6.07) is -0.235. The van der Waals surface area contributed by atoms with Crippen molar-refractivity contribution in [3.05, 3.63) is 16.1 Å². The van der Waals surface area contributed by atoms with Crippen LogP contribution in [0.3, 0.4) is 0 Å². The molecule has 126 valence electrons. The van der Waals surface area contributed by atoms with Gasteiger partial charge in [0.15, 0.2) is 5.01 Å². The third-order valence-electron chi connectivity index (χ3n) is 4.15. The number of halogens is 2. The lowest BCUT2D eigenvalue weighted by molar-refractivity contribution is -0.0399. The van der Waals surface area contributed by atoms with E-state index in [1.54, 1.807) is 5.38 Å². The number of carbonyl (C=O) groups is 2. The highest BCUT2D eigenvalue weighted by Crippen LogP contribution is 2.43. The number of nitrogens with zero attached hydrogens (tertiary/aromatic N) is 1. The van der Waals surface area contributed by atoms with E-state index in [0.29, 0.717) is 17.1 Å². The molecule has 3 rings (SSSR count). The van der Waals surface area contributed by atoms with Gasteiger partial charge in [-0.15, -0.1) is 11.3 Å². The molecule has 1 aromatic heterocycles. The molecule has 1 aromatic rings. The average molecular weight is 345 g/mol. The van der Waals surface area contributed by atoms with Gasteiger partial charge in [0.2, 0.25) is 5.92 Å². The van der Waals surface area contributed by atoms with E-state index < -0.39 is 12.0 Å². The molecule has 2 atom stereocenters. The van der Waals surface area contributed by atoms with Crippen molar-refractivity contribution in [1.82, 2.24) is 10.3 Å². The average Bonchev–Trinajstić information content (AvgIpc) is 3.04. The number of hydrogen-bond acceptors (Lipinski definition) is 5. The summed E-state index contributed by atoms with van der Waals surface area (Å²) >= 11 is 1.19. The summed E-state index contributed by atoms with van der Waals surface area (Å²) in [4.78, 5) is 27.1. The fourth-order valence-corrected chi connectivity index (χ4v) is 3.54. The Morgan fingerprint density at radius 3 is 2.74 bits per heavy atom. The van der Waals surface area contributed by atoms with E-state index in [4.69, 9.17) is 10.5 Å². The van der Waals surface area contributed by atoms with Gasteiger partial charge in [0.05, 0.1) is 5.69 Å². The summed E-state index contributed by atoms with van der Waals surface area (Å²) in [5, 5.41) is 4.80. The predicted octanol–water partition coefficient (Wildman–Crippen LogP) is 2.40. The Balaban J connectivity index is 1.52. The van der Waals surface area contributed by atoms with Crippen LogP contribution in [0, 0.1) is 0 Å². The monoisotopic (exact) mass is 345 g/mol. The van der Waals surface area contributed by atoms with E-state index in [1.807, 2.05) is 0 Å². The first-order chi connectivity index (χ1) is 10.8. The van der Waals surface area contributed by atoms with Crippen molar-refractivity contribution in [3.63, 3.8) is 0 Å². The van der Waals surface area contributed by atoms with Gasteiger partial charge < -0.3 is 15.8 Å². The van der Waals surface area contributed by atoms with Gasteiger partial charge >= 0.3 is 6.09 Å². The third kappa shape index (κ3) is 3.95. The van der Waals surface area contributed by atoms with Crippen molar-refractivity contribution in [2.45, 2.75) is 56.1 Å². The zero-order chi connectivity index (χ0) is 16.6. The van der Waals surface area contributed by atoms with Gasteiger partial charge in [-0.2, -0.15) is 0 Å². The van der Waals surface area contributed by atoms with Crippen LogP contribution in [-0.4, -0.2) is 35.1 Å². The van der Waals surface area contributed by atoms with Crippen LogP contribution in [0.25, 0.3) is 0 Å². The van der Waals surface area contributed by atoms with Crippen molar-refractivity contribution < 1.29 is 23.1 Å². The van der Waals surface area contributed by atoms with Crippen molar-refractivity contribution in [1.29, 1.82) is 0 Å². The zero-order valence-corrected chi connectivity index (χ0v) is 13.1. The molecule has 2 aliphatic rings. The van der Waals surface area contributed by atoms with E-state index in [2.05, 4.69) is 10.3 Å². The number of alkyl halides is 2.